The van der Waals surface area contributed by atoms with Gasteiger partial charge in [-0.05, 0) is 59.2 Å². The first kappa shape index (κ1) is 25.7. The predicted octanol–water partition coefficient (Wildman–Crippen LogP) is 5.85. The second kappa shape index (κ2) is 11.1. The molecule has 2 aromatic carbocycles. The lowest BCUT2D eigenvalue weighted by atomic mass is 9.87. The van der Waals surface area contributed by atoms with Gasteiger partial charge in [-0.2, -0.15) is 5.10 Å². The lowest BCUT2D eigenvalue weighted by molar-refractivity contribution is -0.118. The molecule has 0 aliphatic rings. The number of hydrogen-bond acceptors (Lipinski definition) is 7. The summed E-state index contributed by atoms with van der Waals surface area (Å²) in [5, 5.41) is 15.6. The van der Waals surface area contributed by atoms with Gasteiger partial charge >= 0.3 is 0 Å². The smallest absolute Gasteiger partial charge is 0.250 e. The van der Waals surface area contributed by atoms with Gasteiger partial charge in [0.25, 0.3) is 5.91 Å². The van der Waals surface area contributed by atoms with E-state index >= 15 is 0 Å². The number of hydrazone groups is 1. The van der Waals surface area contributed by atoms with Crippen LogP contribution in [-0.2, 0) is 10.2 Å². The Bertz CT molecular complexity index is 1350. The van der Waals surface area contributed by atoms with Gasteiger partial charge in [0.2, 0.25) is 0 Å². The molecule has 0 saturated carbocycles. The van der Waals surface area contributed by atoms with E-state index in [1.807, 2.05) is 47.2 Å². The van der Waals surface area contributed by atoms with Crippen molar-refractivity contribution in [2.24, 2.45) is 5.10 Å². The number of methoxy groups -OCH3 is 1. The van der Waals surface area contributed by atoms with Crippen LogP contribution in [0.15, 0.2) is 70.2 Å². The van der Waals surface area contributed by atoms with Crippen LogP contribution in [0.3, 0.4) is 0 Å². The Balaban J connectivity index is 1.57. The SMILES string of the molecule is COc1ccc(-n2c(SCC(=O)N/N=C/c3sccc3C)nnc2-c2ccc(C(C)(C)C)cc2)cc1. The lowest BCUT2D eigenvalue weighted by Crippen LogP contribution is -2.20. The molecule has 4 rings (SSSR count). The minimum atomic E-state index is -0.217. The third-order valence-electron chi connectivity index (χ3n) is 5.58. The number of nitrogens with one attached hydrogen (secondary N) is 1. The van der Waals surface area contributed by atoms with Gasteiger partial charge in [-0.15, -0.1) is 21.5 Å². The number of amides is 1. The van der Waals surface area contributed by atoms with Crippen molar-refractivity contribution in [3.8, 4) is 22.8 Å². The van der Waals surface area contributed by atoms with Crippen molar-refractivity contribution in [1.82, 2.24) is 20.2 Å². The number of aromatic nitrogens is 3. The maximum atomic E-state index is 12.5. The molecule has 0 spiro atoms. The summed E-state index contributed by atoms with van der Waals surface area (Å²) in [6.07, 6.45) is 1.67. The number of rotatable bonds is 8. The van der Waals surface area contributed by atoms with Crippen LogP contribution < -0.4 is 10.2 Å². The van der Waals surface area contributed by atoms with Gasteiger partial charge in [0.15, 0.2) is 11.0 Å². The molecule has 1 amide bonds. The highest BCUT2D eigenvalue weighted by Crippen LogP contribution is 2.30. The molecule has 0 saturated heterocycles. The highest BCUT2D eigenvalue weighted by molar-refractivity contribution is 7.99. The summed E-state index contributed by atoms with van der Waals surface area (Å²) in [5.74, 6) is 1.40. The van der Waals surface area contributed by atoms with Gasteiger partial charge in [0.1, 0.15) is 5.75 Å². The molecule has 0 radical (unpaired) electrons. The summed E-state index contributed by atoms with van der Waals surface area (Å²) in [6, 6.07) is 18.1. The van der Waals surface area contributed by atoms with E-state index in [0.29, 0.717) is 11.0 Å². The molecule has 0 aliphatic carbocycles. The number of benzene rings is 2. The number of carbonyl (C=O) groups excluding carboxylic acids is 1. The summed E-state index contributed by atoms with van der Waals surface area (Å²) < 4.78 is 7.28. The van der Waals surface area contributed by atoms with E-state index in [2.05, 4.69) is 65.8 Å². The van der Waals surface area contributed by atoms with Crippen molar-refractivity contribution in [3.63, 3.8) is 0 Å². The van der Waals surface area contributed by atoms with Crippen molar-refractivity contribution in [2.45, 2.75) is 38.3 Å². The summed E-state index contributed by atoms with van der Waals surface area (Å²) >= 11 is 2.89. The minimum Gasteiger partial charge on any atom is -0.497 e. The molecule has 0 aliphatic heterocycles. The molecule has 2 heterocycles. The number of hydrogen-bond donors (Lipinski definition) is 1. The maximum Gasteiger partial charge on any atom is 0.250 e. The van der Waals surface area contributed by atoms with Crippen LogP contribution in [0.2, 0.25) is 0 Å². The molecule has 186 valence electrons. The van der Waals surface area contributed by atoms with E-state index in [1.54, 1.807) is 24.7 Å². The van der Waals surface area contributed by atoms with Crippen molar-refractivity contribution >= 4 is 35.2 Å². The van der Waals surface area contributed by atoms with E-state index in [4.69, 9.17) is 4.74 Å². The number of thioether (sulfide) groups is 1. The van der Waals surface area contributed by atoms with Crippen molar-refractivity contribution < 1.29 is 9.53 Å². The monoisotopic (exact) mass is 519 g/mol. The van der Waals surface area contributed by atoms with E-state index in [1.165, 1.54) is 17.3 Å². The zero-order valence-corrected chi connectivity index (χ0v) is 22.6. The van der Waals surface area contributed by atoms with Crippen LogP contribution in [-0.4, -0.2) is 39.7 Å². The quantitative estimate of drug-likeness (QED) is 0.179. The topological polar surface area (TPSA) is 81.4 Å². The first-order valence-electron chi connectivity index (χ1n) is 11.5. The first-order valence-corrected chi connectivity index (χ1v) is 13.3. The van der Waals surface area contributed by atoms with Crippen molar-refractivity contribution in [3.05, 3.63) is 76.0 Å². The molecule has 9 heteroatoms. The molecule has 0 atom stereocenters. The Kier molecular flexibility index (Phi) is 7.91. The fourth-order valence-corrected chi connectivity index (χ4v) is 5.01. The molecule has 1 N–H and O–H groups in total. The zero-order chi connectivity index (χ0) is 25.7. The van der Waals surface area contributed by atoms with Gasteiger partial charge in [0.05, 0.1) is 19.1 Å². The number of ether oxygens (including phenoxy) is 1. The first-order chi connectivity index (χ1) is 17.3. The fraction of sp³-hybridized carbons (Fsp3) is 0.259. The molecule has 7 nitrogen and oxygen atoms in total. The van der Waals surface area contributed by atoms with Gasteiger partial charge in [-0.3, -0.25) is 9.36 Å². The molecular formula is C27H29N5O2S2. The molecular weight excluding hydrogens is 490 g/mol. The van der Waals surface area contributed by atoms with E-state index in [-0.39, 0.29) is 17.1 Å². The highest BCUT2D eigenvalue weighted by atomic mass is 32.2. The Morgan fingerprint density at radius 2 is 1.83 bits per heavy atom. The Morgan fingerprint density at radius 3 is 2.44 bits per heavy atom. The summed E-state index contributed by atoms with van der Waals surface area (Å²) in [7, 11) is 1.64. The molecule has 0 unspecified atom stereocenters. The average molecular weight is 520 g/mol. The van der Waals surface area contributed by atoms with Crippen LogP contribution in [0.5, 0.6) is 5.75 Å². The van der Waals surface area contributed by atoms with Crippen LogP contribution in [0, 0.1) is 6.92 Å². The number of carbonyl (C=O) groups is 1. The summed E-state index contributed by atoms with van der Waals surface area (Å²) in [5.41, 5.74) is 6.84. The maximum absolute atomic E-state index is 12.5. The van der Waals surface area contributed by atoms with Crippen LogP contribution in [0.1, 0.15) is 36.8 Å². The average Bonchev–Trinajstić information content (AvgIpc) is 3.48. The standard InChI is InChI=1S/C27H29N5O2S2/c1-18-14-15-35-23(18)16-28-29-24(33)17-36-26-31-30-25(19-6-8-20(9-7-19)27(2,3)4)32(26)21-10-12-22(34-5)13-11-21/h6-16H,17H2,1-5H3,(H,29,33)/b28-16+. The van der Waals surface area contributed by atoms with Crippen molar-refractivity contribution in [2.75, 3.05) is 12.9 Å². The fourth-order valence-electron chi connectivity index (χ4n) is 3.48. The zero-order valence-electron chi connectivity index (χ0n) is 21.0. The normalized spacial score (nSPS) is 11.7. The van der Waals surface area contributed by atoms with Gasteiger partial charge in [-0.1, -0.05) is 56.8 Å². The van der Waals surface area contributed by atoms with Gasteiger partial charge in [-0.25, -0.2) is 5.43 Å². The van der Waals surface area contributed by atoms with Gasteiger partial charge < -0.3 is 4.74 Å². The second-order valence-electron chi connectivity index (χ2n) is 9.22. The number of thiophene rings is 1. The van der Waals surface area contributed by atoms with Gasteiger partial charge in [0, 0.05) is 16.1 Å². The third-order valence-corrected chi connectivity index (χ3v) is 7.46. The summed E-state index contributed by atoms with van der Waals surface area (Å²) in [4.78, 5) is 13.5. The molecule has 0 bridgehead atoms. The Hall–Kier alpha value is -3.43. The lowest BCUT2D eigenvalue weighted by Gasteiger charge is -2.19. The third kappa shape index (κ3) is 6.03. The Morgan fingerprint density at radius 1 is 1.11 bits per heavy atom. The number of nitrogens with zero attached hydrogens (tertiary/aromatic N) is 4. The summed E-state index contributed by atoms with van der Waals surface area (Å²) in [6.45, 7) is 8.57. The number of aryl methyl sites for hydroxylation is 1. The minimum absolute atomic E-state index is 0.0568. The Labute approximate surface area is 219 Å². The van der Waals surface area contributed by atoms with E-state index < -0.39 is 0 Å². The molecule has 36 heavy (non-hydrogen) atoms. The van der Waals surface area contributed by atoms with Crippen LogP contribution in [0.25, 0.3) is 17.1 Å². The van der Waals surface area contributed by atoms with E-state index in [9.17, 15) is 4.79 Å². The molecule has 4 aromatic rings. The van der Waals surface area contributed by atoms with Crippen LogP contribution >= 0.6 is 23.1 Å². The molecule has 0 fully saturated rings. The largest absolute Gasteiger partial charge is 0.497 e. The van der Waals surface area contributed by atoms with E-state index in [0.717, 1.165) is 27.4 Å². The highest BCUT2D eigenvalue weighted by Gasteiger charge is 2.19. The molecule has 2 aromatic heterocycles. The second-order valence-corrected chi connectivity index (χ2v) is 11.1. The van der Waals surface area contributed by atoms with Crippen molar-refractivity contribution in [1.29, 1.82) is 0 Å². The van der Waals surface area contributed by atoms with Crippen LogP contribution in [0.4, 0.5) is 0 Å². The predicted molar refractivity (Wildman–Crippen MR) is 148 cm³/mol.